The molecular weight excluding hydrogens is 118 g/mol. The second-order valence-electron chi connectivity index (χ2n) is 1.56. The molecule has 0 bridgehead atoms. The van der Waals surface area contributed by atoms with Crippen molar-refractivity contribution in [3.05, 3.63) is 12.7 Å². The minimum atomic E-state index is -0.417. The fourth-order valence-electron chi connectivity index (χ4n) is 0.255. The lowest BCUT2D eigenvalue weighted by Gasteiger charge is -2.10. The Hall–Kier alpha value is -0.830. The van der Waals surface area contributed by atoms with Crippen molar-refractivity contribution >= 4 is 5.97 Å². The fraction of sp³-hybridized carbons (Fsp3) is 0.500. The molecule has 0 aromatic carbocycles. The lowest BCUT2D eigenvalue weighted by molar-refractivity contribution is -0.176. The molecule has 0 unspecified atom stereocenters. The first kappa shape index (κ1) is 8.17. The van der Waals surface area contributed by atoms with E-state index < -0.39 is 5.97 Å². The Kier molecular flexibility index (Phi) is 3.71. The first-order chi connectivity index (χ1) is 4.20. The molecule has 0 heterocycles. The van der Waals surface area contributed by atoms with Gasteiger partial charge in [0.05, 0.1) is 0 Å². The van der Waals surface area contributed by atoms with E-state index in [1.807, 2.05) is 6.92 Å². The van der Waals surface area contributed by atoms with E-state index in [0.717, 1.165) is 6.08 Å². The first-order valence-corrected chi connectivity index (χ1v) is 2.76. The molecule has 0 fully saturated rings. The molecule has 0 spiro atoms. The highest BCUT2D eigenvalue weighted by Crippen LogP contribution is 1.84. The SMILES string of the molecule is C=CC(=O)ON(C)CC. The van der Waals surface area contributed by atoms with Crippen LogP contribution in [0.4, 0.5) is 0 Å². The van der Waals surface area contributed by atoms with Crippen molar-refractivity contribution in [3.63, 3.8) is 0 Å². The van der Waals surface area contributed by atoms with Crippen LogP contribution in [0.1, 0.15) is 6.92 Å². The van der Waals surface area contributed by atoms with Crippen LogP contribution >= 0.6 is 0 Å². The standard InChI is InChI=1S/C6H11NO2/c1-4-6(8)9-7(3)5-2/h4H,1,5H2,2-3H3. The van der Waals surface area contributed by atoms with E-state index >= 15 is 0 Å². The second kappa shape index (κ2) is 4.09. The fourth-order valence-corrected chi connectivity index (χ4v) is 0.255. The average Bonchev–Trinajstić information content (AvgIpc) is 1.87. The van der Waals surface area contributed by atoms with Crippen LogP contribution in [0.2, 0.25) is 0 Å². The van der Waals surface area contributed by atoms with Crippen LogP contribution in [0.25, 0.3) is 0 Å². The van der Waals surface area contributed by atoms with E-state index in [2.05, 4.69) is 11.4 Å². The Morgan fingerprint density at radius 1 is 1.89 bits per heavy atom. The number of hydroxylamine groups is 2. The van der Waals surface area contributed by atoms with Crippen molar-refractivity contribution in [2.45, 2.75) is 6.92 Å². The zero-order valence-corrected chi connectivity index (χ0v) is 5.76. The van der Waals surface area contributed by atoms with Crippen molar-refractivity contribution in [3.8, 4) is 0 Å². The third kappa shape index (κ3) is 3.73. The minimum absolute atomic E-state index is 0.417. The van der Waals surface area contributed by atoms with E-state index in [0.29, 0.717) is 6.54 Å². The summed E-state index contributed by atoms with van der Waals surface area (Å²) in [7, 11) is 1.68. The molecule has 0 radical (unpaired) electrons. The number of nitrogens with zero attached hydrogens (tertiary/aromatic N) is 1. The summed E-state index contributed by atoms with van der Waals surface area (Å²) in [5, 5.41) is 1.43. The highest BCUT2D eigenvalue weighted by atomic mass is 16.7. The largest absolute Gasteiger partial charge is 0.365 e. The van der Waals surface area contributed by atoms with Gasteiger partial charge in [-0.1, -0.05) is 6.58 Å². The van der Waals surface area contributed by atoms with Gasteiger partial charge in [-0.25, -0.2) is 4.79 Å². The molecule has 0 aromatic rings. The Bertz CT molecular complexity index is 112. The van der Waals surface area contributed by atoms with Gasteiger partial charge in [-0.3, -0.25) is 0 Å². The average molecular weight is 129 g/mol. The van der Waals surface area contributed by atoms with E-state index in [-0.39, 0.29) is 0 Å². The Morgan fingerprint density at radius 2 is 2.44 bits per heavy atom. The van der Waals surface area contributed by atoms with Crippen molar-refractivity contribution < 1.29 is 9.63 Å². The van der Waals surface area contributed by atoms with Gasteiger partial charge >= 0.3 is 5.97 Å². The van der Waals surface area contributed by atoms with Crippen molar-refractivity contribution in [2.75, 3.05) is 13.6 Å². The van der Waals surface area contributed by atoms with Gasteiger partial charge in [-0.05, 0) is 6.92 Å². The molecule has 9 heavy (non-hydrogen) atoms. The second-order valence-corrected chi connectivity index (χ2v) is 1.56. The van der Waals surface area contributed by atoms with E-state index in [1.165, 1.54) is 5.06 Å². The summed E-state index contributed by atoms with van der Waals surface area (Å²) in [6.07, 6.45) is 1.13. The van der Waals surface area contributed by atoms with E-state index in [4.69, 9.17) is 0 Å². The van der Waals surface area contributed by atoms with Crippen LogP contribution in [-0.4, -0.2) is 24.6 Å². The van der Waals surface area contributed by atoms with Crippen LogP contribution < -0.4 is 0 Å². The number of carbonyl (C=O) groups is 1. The zero-order chi connectivity index (χ0) is 7.28. The Balaban J connectivity index is 3.46. The van der Waals surface area contributed by atoms with Gasteiger partial charge in [0.25, 0.3) is 0 Å². The molecule has 0 aromatic heterocycles. The van der Waals surface area contributed by atoms with Gasteiger partial charge in [0.2, 0.25) is 0 Å². The monoisotopic (exact) mass is 129 g/mol. The summed E-state index contributed by atoms with van der Waals surface area (Å²) in [6.45, 7) is 5.81. The zero-order valence-electron chi connectivity index (χ0n) is 5.76. The maximum absolute atomic E-state index is 10.4. The smallest absolute Gasteiger partial charge is 0.349 e. The van der Waals surface area contributed by atoms with Crippen molar-refractivity contribution in [1.29, 1.82) is 0 Å². The number of rotatable bonds is 3. The number of carbonyl (C=O) groups excluding carboxylic acids is 1. The van der Waals surface area contributed by atoms with Gasteiger partial charge in [-0.2, -0.15) is 0 Å². The molecule has 0 amide bonds. The van der Waals surface area contributed by atoms with Crippen LogP contribution in [0.3, 0.4) is 0 Å². The molecular formula is C6H11NO2. The molecule has 0 saturated carbocycles. The highest BCUT2D eigenvalue weighted by Gasteiger charge is 1.97. The summed E-state index contributed by atoms with van der Waals surface area (Å²) in [5.74, 6) is -0.417. The summed E-state index contributed by atoms with van der Waals surface area (Å²) in [4.78, 5) is 15.0. The van der Waals surface area contributed by atoms with Gasteiger partial charge in [-0.15, -0.1) is 5.06 Å². The van der Waals surface area contributed by atoms with Crippen molar-refractivity contribution in [1.82, 2.24) is 5.06 Å². The number of hydrogen-bond donors (Lipinski definition) is 0. The van der Waals surface area contributed by atoms with Crippen LogP contribution in [0.5, 0.6) is 0 Å². The predicted octanol–water partition coefficient (Wildman–Crippen LogP) is 0.582. The molecule has 3 nitrogen and oxygen atoms in total. The molecule has 0 N–H and O–H groups in total. The molecule has 0 aliphatic heterocycles. The lowest BCUT2D eigenvalue weighted by atomic mass is 10.7. The van der Waals surface area contributed by atoms with Crippen LogP contribution in [0, 0.1) is 0 Å². The quantitative estimate of drug-likeness (QED) is 0.412. The molecule has 0 aliphatic rings. The Labute approximate surface area is 54.9 Å². The molecule has 3 heteroatoms. The van der Waals surface area contributed by atoms with Crippen LogP contribution in [0.15, 0.2) is 12.7 Å². The molecule has 0 atom stereocenters. The Morgan fingerprint density at radius 3 is 2.78 bits per heavy atom. The maximum atomic E-state index is 10.4. The van der Waals surface area contributed by atoms with Gasteiger partial charge in [0, 0.05) is 19.7 Å². The van der Waals surface area contributed by atoms with Crippen LogP contribution in [-0.2, 0) is 9.63 Å². The molecule has 0 saturated heterocycles. The topological polar surface area (TPSA) is 29.5 Å². The summed E-state index contributed by atoms with van der Waals surface area (Å²) >= 11 is 0. The molecule has 0 aliphatic carbocycles. The minimum Gasteiger partial charge on any atom is -0.365 e. The first-order valence-electron chi connectivity index (χ1n) is 2.76. The third-order valence-corrected chi connectivity index (χ3v) is 0.858. The van der Waals surface area contributed by atoms with E-state index in [9.17, 15) is 4.79 Å². The lowest BCUT2D eigenvalue weighted by Crippen LogP contribution is -2.21. The summed E-state index contributed by atoms with van der Waals surface area (Å²) < 4.78 is 0. The molecule has 0 rings (SSSR count). The number of hydrogen-bond acceptors (Lipinski definition) is 3. The molecule has 52 valence electrons. The highest BCUT2D eigenvalue weighted by molar-refractivity contribution is 5.80. The summed E-state index contributed by atoms with van der Waals surface area (Å²) in [6, 6.07) is 0. The van der Waals surface area contributed by atoms with Crippen molar-refractivity contribution in [2.24, 2.45) is 0 Å². The third-order valence-electron chi connectivity index (χ3n) is 0.858. The van der Waals surface area contributed by atoms with Gasteiger partial charge in [0.15, 0.2) is 0 Å². The van der Waals surface area contributed by atoms with E-state index in [1.54, 1.807) is 7.05 Å². The van der Waals surface area contributed by atoms with Gasteiger partial charge in [0.1, 0.15) is 0 Å². The normalized spacial score (nSPS) is 9.22. The maximum Gasteiger partial charge on any atom is 0.349 e. The summed E-state index contributed by atoms with van der Waals surface area (Å²) in [5.41, 5.74) is 0. The predicted molar refractivity (Wildman–Crippen MR) is 34.6 cm³/mol. The van der Waals surface area contributed by atoms with Gasteiger partial charge < -0.3 is 4.84 Å².